The van der Waals surface area contributed by atoms with Crippen LogP contribution in [0.25, 0.3) is 0 Å². The van der Waals surface area contributed by atoms with Crippen molar-refractivity contribution in [1.29, 1.82) is 0 Å². The van der Waals surface area contributed by atoms with Gasteiger partial charge in [0.25, 0.3) is 0 Å². The van der Waals surface area contributed by atoms with Crippen molar-refractivity contribution in [3.05, 3.63) is 0 Å². The molecular formula is C2H7CsN+. The Morgan fingerprint density at radius 1 is 1.25 bits per heavy atom. The molecule has 0 aliphatic heterocycles. The fourth-order valence-corrected chi connectivity index (χ4v) is 0. The largest absolute Gasteiger partial charge is 1.00 e. The zero-order valence-electron chi connectivity index (χ0n) is 3.50. The summed E-state index contributed by atoms with van der Waals surface area (Å²) in [4.78, 5) is 0. The Bertz CT molecular complexity index is 6.00. The average Bonchev–Trinajstić information content (AvgIpc) is 0.918. The van der Waals surface area contributed by atoms with Gasteiger partial charge >= 0.3 is 68.9 Å². The van der Waals surface area contributed by atoms with Gasteiger partial charge in [-0.3, -0.25) is 0 Å². The summed E-state index contributed by atoms with van der Waals surface area (Å²) < 4.78 is 0. The molecule has 0 aromatic rings. The Morgan fingerprint density at radius 3 is 1.25 bits per heavy atom. The smallest absolute Gasteiger partial charge is 0.323 e. The minimum absolute atomic E-state index is 0. The molecule has 0 heterocycles. The first-order valence-corrected chi connectivity index (χ1v) is 1.00. The molecule has 0 rings (SSSR count). The van der Waals surface area contributed by atoms with Crippen LogP contribution in [0.15, 0.2) is 0 Å². The Labute approximate surface area is 86.0 Å². The van der Waals surface area contributed by atoms with E-state index in [-0.39, 0.29) is 68.9 Å². The standard InChI is InChI=1S/C2H7N.Cs/c1-3-2;/h3H,1-2H3;/q;+1. The summed E-state index contributed by atoms with van der Waals surface area (Å²) in [7, 11) is 3.75. The van der Waals surface area contributed by atoms with Crippen LogP contribution in [0.2, 0.25) is 0 Å². The molecule has 4 heavy (non-hydrogen) atoms. The van der Waals surface area contributed by atoms with E-state index in [2.05, 4.69) is 5.32 Å². The van der Waals surface area contributed by atoms with Gasteiger partial charge < -0.3 is 5.32 Å². The zero-order valence-corrected chi connectivity index (χ0v) is 9.78. The van der Waals surface area contributed by atoms with Crippen LogP contribution in [0.5, 0.6) is 0 Å². The third kappa shape index (κ3) is 8.99. The Hall–Kier alpha value is 2.01. The minimum Gasteiger partial charge on any atom is -0.323 e. The van der Waals surface area contributed by atoms with Gasteiger partial charge in [0.1, 0.15) is 0 Å². The third-order valence-electron chi connectivity index (χ3n) is 0. The van der Waals surface area contributed by atoms with Gasteiger partial charge in [-0.1, -0.05) is 0 Å². The molecule has 2 heteroatoms. The van der Waals surface area contributed by atoms with Crippen LogP contribution in [0.3, 0.4) is 0 Å². The normalized spacial score (nSPS) is 4.50. The predicted octanol–water partition coefficient (Wildman–Crippen LogP) is -3.16. The number of rotatable bonds is 0. The van der Waals surface area contributed by atoms with E-state index in [1.54, 1.807) is 0 Å². The molecule has 0 unspecified atom stereocenters. The van der Waals surface area contributed by atoms with Crippen molar-refractivity contribution in [2.75, 3.05) is 14.1 Å². The molecule has 0 aliphatic carbocycles. The van der Waals surface area contributed by atoms with Crippen molar-refractivity contribution in [3.63, 3.8) is 0 Å². The molecule has 0 spiro atoms. The molecule has 0 fully saturated rings. The quantitative estimate of drug-likeness (QED) is 0.413. The monoisotopic (exact) mass is 178 g/mol. The van der Waals surface area contributed by atoms with Crippen molar-refractivity contribution in [3.8, 4) is 0 Å². The van der Waals surface area contributed by atoms with Crippen LogP contribution < -0.4 is 74.2 Å². The number of hydrogen-bond donors (Lipinski definition) is 1. The summed E-state index contributed by atoms with van der Waals surface area (Å²) in [5, 5.41) is 2.75. The second kappa shape index (κ2) is 8.89. The topological polar surface area (TPSA) is 12.0 Å². The van der Waals surface area contributed by atoms with E-state index in [9.17, 15) is 0 Å². The molecule has 0 aromatic heterocycles. The molecule has 0 aliphatic rings. The summed E-state index contributed by atoms with van der Waals surface area (Å²) in [6, 6.07) is 0. The summed E-state index contributed by atoms with van der Waals surface area (Å²) in [6.45, 7) is 0. The van der Waals surface area contributed by atoms with E-state index in [1.165, 1.54) is 0 Å². The third-order valence-corrected chi connectivity index (χ3v) is 0. The molecule has 0 radical (unpaired) electrons. The fraction of sp³-hybridized carbons (Fsp3) is 1.00. The van der Waals surface area contributed by atoms with Crippen LogP contribution in [-0.4, -0.2) is 14.1 Å². The van der Waals surface area contributed by atoms with Crippen molar-refractivity contribution < 1.29 is 68.9 Å². The number of hydrogen-bond acceptors (Lipinski definition) is 1. The molecule has 0 bridgehead atoms. The van der Waals surface area contributed by atoms with Crippen LogP contribution in [0.4, 0.5) is 0 Å². The second-order valence-electron chi connectivity index (χ2n) is 0.500. The molecule has 0 atom stereocenters. The van der Waals surface area contributed by atoms with Crippen molar-refractivity contribution in [2.45, 2.75) is 0 Å². The maximum Gasteiger partial charge on any atom is 1.00 e. The van der Waals surface area contributed by atoms with Gasteiger partial charge in [0.05, 0.1) is 0 Å². The predicted molar refractivity (Wildman–Crippen MR) is 15.0 cm³/mol. The van der Waals surface area contributed by atoms with Gasteiger partial charge in [-0.2, -0.15) is 0 Å². The Kier molecular flexibility index (Phi) is 20.9. The summed E-state index contributed by atoms with van der Waals surface area (Å²) in [5.74, 6) is 0. The minimum atomic E-state index is 0. The van der Waals surface area contributed by atoms with E-state index in [1.807, 2.05) is 14.1 Å². The van der Waals surface area contributed by atoms with E-state index in [4.69, 9.17) is 0 Å². The SMILES string of the molecule is CNC.[Cs+]. The summed E-state index contributed by atoms with van der Waals surface area (Å²) in [6.07, 6.45) is 0. The van der Waals surface area contributed by atoms with Gasteiger partial charge in [0, 0.05) is 0 Å². The van der Waals surface area contributed by atoms with Crippen LogP contribution >= 0.6 is 0 Å². The van der Waals surface area contributed by atoms with E-state index in [0.717, 1.165) is 0 Å². The summed E-state index contributed by atoms with van der Waals surface area (Å²) >= 11 is 0. The molecule has 1 nitrogen and oxygen atoms in total. The number of nitrogens with one attached hydrogen (secondary N) is 1. The Morgan fingerprint density at radius 2 is 1.25 bits per heavy atom. The molecule has 0 amide bonds. The first-order valence-electron chi connectivity index (χ1n) is 1.00. The van der Waals surface area contributed by atoms with Gasteiger partial charge in [-0.25, -0.2) is 0 Å². The molecule has 0 saturated carbocycles. The van der Waals surface area contributed by atoms with Crippen LogP contribution in [0.1, 0.15) is 0 Å². The van der Waals surface area contributed by atoms with Crippen LogP contribution in [0, 0.1) is 0 Å². The van der Waals surface area contributed by atoms with E-state index < -0.39 is 0 Å². The zero-order chi connectivity index (χ0) is 2.71. The average molecular weight is 178 g/mol. The van der Waals surface area contributed by atoms with Crippen molar-refractivity contribution in [2.24, 2.45) is 0 Å². The van der Waals surface area contributed by atoms with Gasteiger partial charge in [0.2, 0.25) is 0 Å². The first-order chi connectivity index (χ1) is 1.41. The molecule has 0 saturated heterocycles. The van der Waals surface area contributed by atoms with Gasteiger partial charge in [-0.15, -0.1) is 0 Å². The first kappa shape index (κ1) is 9.38. The molecule has 1 N–H and O–H groups in total. The van der Waals surface area contributed by atoms with Gasteiger partial charge in [-0.05, 0) is 14.1 Å². The maximum absolute atomic E-state index is 2.75. The second-order valence-corrected chi connectivity index (χ2v) is 0.500. The maximum atomic E-state index is 2.75. The molecule has 20 valence electrons. The van der Waals surface area contributed by atoms with Crippen molar-refractivity contribution >= 4 is 0 Å². The summed E-state index contributed by atoms with van der Waals surface area (Å²) in [5.41, 5.74) is 0. The van der Waals surface area contributed by atoms with Gasteiger partial charge in [0.15, 0.2) is 0 Å². The van der Waals surface area contributed by atoms with E-state index in [0.29, 0.717) is 0 Å². The Balaban J connectivity index is 0. The molecular weight excluding hydrogens is 171 g/mol. The van der Waals surface area contributed by atoms with Crippen LogP contribution in [-0.2, 0) is 0 Å². The fourth-order valence-electron chi connectivity index (χ4n) is 0. The van der Waals surface area contributed by atoms with Crippen molar-refractivity contribution in [1.82, 2.24) is 5.32 Å². The van der Waals surface area contributed by atoms with E-state index >= 15 is 0 Å². The molecule has 0 aromatic carbocycles.